The maximum absolute atomic E-state index is 13.2. The molecule has 0 spiro atoms. The van der Waals surface area contributed by atoms with Gasteiger partial charge in [0.1, 0.15) is 16.3 Å². The van der Waals surface area contributed by atoms with Crippen molar-refractivity contribution in [2.75, 3.05) is 7.05 Å². The summed E-state index contributed by atoms with van der Waals surface area (Å²) < 4.78 is 11.2. The molecular weight excluding hydrogens is 514 g/mol. The van der Waals surface area contributed by atoms with E-state index in [2.05, 4.69) is 36.3 Å². The summed E-state index contributed by atoms with van der Waals surface area (Å²) in [5.41, 5.74) is 0.815. The molecular formula is C30H45N3O5S. The Balaban J connectivity index is 2.22. The minimum Gasteiger partial charge on any atom is -0.455 e. The van der Waals surface area contributed by atoms with Crippen molar-refractivity contribution in [2.45, 2.75) is 98.4 Å². The summed E-state index contributed by atoms with van der Waals surface area (Å²) in [7, 11) is 1.69. The van der Waals surface area contributed by atoms with Gasteiger partial charge in [0.2, 0.25) is 0 Å². The molecule has 2 aromatic rings. The minimum atomic E-state index is -0.706. The summed E-state index contributed by atoms with van der Waals surface area (Å²) in [4.78, 5) is 44.1. The summed E-state index contributed by atoms with van der Waals surface area (Å²) in [6.07, 6.45) is 0.732. The van der Waals surface area contributed by atoms with Crippen molar-refractivity contribution >= 4 is 29.3 Å². The Morgan fingerprint density at radius 2 is 1.69 bits per heavy atom. The van der Waals surface area contributed by atoms with E-state index >= 15 is 0 Å². The number of carbonyl (C=O) groups excluding carboxylic acids is 3. The fourth-order valence-electron chi connectivity index (χ4n) is 4.43. The predicted octanol–water partition coefficient (Wildman–Crippen LogP) is 6.42. The molecule has 0 saturated heterocycles. The first-order valence-electron chi connectivity index (χ1n) is 13.6. The largest absolute Gasteiger partial charge is 0.455 e. The average Bonchev–Trinajstić information content (AvgIpc) is 3.30. The van der Waals surface area contributed by atoms with Gasteiger partial charge in [0.25, 0.3) is 5.91 Å². The van der Waals surface area contributed by atoms with Crippen molar-refractivity contribution in [2.24, 2.45) is 11.8 Å². The van der Waals surface area contributed by atoms with Gasteiger partial charge < -0.3 is 19.7 Å². The van der Waals surface area contributed by atoms with Crippen LogP contribution in [0.4, 0.5) is 4.79 Å². The summed E-state index contributed by atoms with van der Waals surface area (Å²) in [6, 6.07) is 9.76. The highest BCUT2D eigenvalue weighted by Crippen LogP contribution is 2.31. The van der Waals surface area contributed by atoms with E-state index in [0.717, 1.165) is 18.4 Å². The van der Waals surface area contributed by atoms with Crippen LogP contribution in [-0.4, -0.2) is 52.6 Å². The number of rotatable bonds is 12. The molecule has 0 fully saturated rings. The number of esters is 1. The van der Waals surface area contributed by atoms with Crippen LogP contribution in [0.1, 0.15) is 95.4 Å². The summed E-state index contributed by atoms with van der Waals surface area (Å²) in [5, 5.41) is 5.36. The highest BCUT2D eigenvalue weighted by atomic mass is 32.1. The molecule has 3 atom stereocenters. The predicted molar refractivity (Wildman–Crippen MR) is 155 cm³/mol. The molecule has 39 heavy (non-hydrogen) atoms. The Bertz CT molecular complexity index is 1080. The number of benzene rings is 1. The topological polar surface area (TPSA) is 97.8 Å². The van der Waals surface area contributed by atoms with Gasteiger partial charge in [-0.2, -0.15) is 0 Å². The number of aromatic nitrogens is 1. The number of thiazole rings is 1. The molecule has 0 radical (unpaired) electrons. The van der Waals surface area contributed by atoms with Crippen LogP contribution in [0.15, 0.2) is 35.7 Å². The van der Waals surface area contributed by atoms with Crippen molar-refractivity contribution in [3.8, 4) is 0 Å². The van der Waals surface area contributed by atoms with Crippen LogP contribution in [0.3, 0.4) is 0 Å². The number of amides is 2. The minimum absolute atomic E-state index is 0.0397. The standard InChI is InChI=1S/C30H45N3O5S/c1-19(2)15-23(16-22-13-11-10-12-14-22)31-27(35)24-18-39-28(32-24)26(37-21(5)34)17-25(20(3)4)33(9)29(36)38-30(6,7)8/h10-14,18-20,23,25-26H,15-17H2,1-9H3,(H,31,35)/t23-,25-,26?/m1/s1. The second-order valence-electron chi connectivity index (χ2n) is 11.8. The highest BCUT2D eigenvalue weighted by molar-refractivity contribution is 7.09. The molecule has 0 saturated carbocycles. The van der Waals surface area contributed by atoms with Gasteiger partial charge in [0.05, 0.1) is 0 Å². The molecule has 0 aliphatic heterocycles. The van der Waals surface area contributed by atoms with E-state index in [-0.39, 0.29) is 29.6 Å². The third-order valence-corrected chi connectivity index (χ3v) is 7.10. The maximum Gasteiger partial charge on any atom is 0.410 e. The number of nitrogens with one attached hydrogen (secondary N) is 1. The molecule has 8 nitrogen and oxygen atoms in total. The number of nitrogens with zero attached hydrogens (tertiary/aromatic N) is 2. The molecule has 2 amide bonds. The zero-order valence-electron chi connectivity index (χ0n) is 24.8. The molecule has 0 aliphatic carbocycles. The summed E-state index contributed by atoms with van der Waals surface area (Å²) in [5.74, 6) is -0.248. The lowest BCUT2D eigenvalue weighted by Crippen LogP contribution is -2.44. The van der Waals surface area contributed by atoms with Gasteiger partial charge in [-0.1, -0.05) is 58.0 Å². The SMILES string of the molecule is CC(=O)OC(C[C@H](C(C)C)N(C)C(=O)OC(C)(C)C)c1nc(C(=O)N[C@@H](Cc2ccccc2)CC(C)C)cs1. The average molecular weight is 560 g/mol. The van der Waals surface area contributed by atoms with E-state index in [1.54, 1.807) is 17.3 Å². The molecule has 1 N–H and O–H groups in total. The quantitative estimate of drug-likeness (QED) is 0.302. The van der Waals surface area contributed by atoms with Crippen LogP contribution in [0.25, 0.3) is 0 Å². The fraction of sp³-hybridized carbons (Fsp3) is 0.600. The van der Waals surface area contributed by atoms with Gasteiger partial charge >= 0.3 is 12.1 Å². The lowest BCUT2D eigenvalue weighted by molar-refractivity contribution is -0.147. The van der Waals surface area contributed by atoms with Crippen LogP contribution in [-0.2, 0) is 20.7 Å². The number of ether oxygens (including phenoxy) is 2. The van der Waals surface area contributed by atoms with Crippen LogP contribution < -0.4 is 5.32 Å². The Kier molecular flexibility index (Phi) is 12.0. The molecule has 0 bridgehead atoms. The van der Waals surface area contributed by atoms with Gasteiger partial charge in [-0.3, -0.25) is 9.59 Å². The van der Waals surface area contributed by atoms with Crippen molar-refractivity contribution in [3.05, 3.63) is 52.0 Å². The highest BCUT2D eigenvalue weighted by Gasteiger charge is 2.32. The summed E-state index contributed by atoms with van der Waals surface area (Å²) >= 11 is 1.27. The Morgan fingerprint density at radius 1 is 1.05 bits per heavy atom. The van der Waals surface area contributed by atoms with Crippen LogP contribution in [0.5, 0.6) is 0 Å². The molecule has 1 heterocycles. The number of carbonyl (C=O) groups is 3. The van der Waals surface area contributed by atoms with Gasteiger partial charge in [0, 0.05) is 37.9 Å². The van der Waals surface area contributed by atoms with Crippen LogP contribution in [0.2, 0.25) is 0 Å². The van der Waals surface area contributed by atoms with Crippen molar-refractivity contribution < 1.29 is 23.9 Å². The van der Waals surface area contributed by atoms with Gasteiger partial charge in [-0.15, -0.1) is 11.3 Å². The van der Waals surface area contributed by atoms with E-state index in [4.69, 9.17) is 9.47 Å². The second-order valence-corrected chi connectivity index (χ2v) is 12.7. The molecule has 0 aliphatic rings. The van der Waals surface area contributed by atoms with Gasteiger partial charge in [0.15, 0.2) is 6.10 Å². The normalized spacial score (nSPS) is 14.0. The third-order valence-electron chi connectivity index (χ3n) is 6.16. The van der Waals surface area contributed by atoms with E-state index < -0.39 is 23.8 Å². The number of hydrogen-bond donors (Lipinski definition) is 1. The van der Waals surface area contributed by atoms with E-state index in [1.807, 2.05) is 52.8 Å². The smallest absolute Gasteiger partial charge is 0.410 e. The van der Waals surface area contributed by atoms with E-state index in [0.29, 0.717) is 17.3 Å². The first kappa shape index (κ1) is 32.3. The monoisotopic (exact) mass is 559 g/mol. The third kappa shape index (κ3) is 11.0. The zero-order chi connectivity index (χ0) is 29.3. The van der Waals surface area contributed by atoms with Crippen molar-refractivity contribution in [1.82, 2.24) is 15.2 Å². The van der Waals surface area contributed by atoms with Crippen LogP contribution in [0, 0.1) is 11.8 Å². The zero-order valence-corrected chi connectivity index (χ0v) is 25.6. The molecule has 1 aromatic heterocycles. The van der Waals surface area contributed by atoms with E-state index in [1.165, 1.54) is 18.3 Å². The van der Waals surface area contributed by atoms with Crippen molar-refractivity contribution in [3.63, 3.8) is 0 Å². The van der Waals surface area contributed by atoms with Crippen LogP contribution >= 0.6 is 11.3 Å². The first-order valence-corrected chi connectivity index (χ1v) is 14.5. The Labute approximate surface area is 237 Å². The lowest BCUT2D eigenvalue weighted by atomic mass is 9.96. The summed E-state index contributed by atoms with van der Waals surface area (Å²) in [6.45, 7) is 15.1. The molecule has 216 valence electrons. The fourth-order valence-corrected chi connectivity index (χ4v) is 5.27. The Hall–Kier alpha value is -2.94. The number of hydrogen-bond acceptors (Lipinski definition) is 7. The van der Waals surface area contributed by atoms with Gasteiger partial charge in [-0.25, -0.2) is 9.78 Å². The molecule has 1 aromatic carbocycles. The molecule has 2 rings (SSSR count). The van der Waals surface area contributed by atoms with Crippen molar-refractivity contribution in [1.29, 1.82) is 0 Å². The second kappa shape index (κ2) is 14.4. The van der Waals surface area contributed by atoms with Gasteiger partial charge in [-0.05, 0) is 51.0 Å². The molecule has 9 heteroatoms. The first-order chi connectivity index (χ1) is 18.2. The molecule has 1 unspecified atom stereocenters. The Morgan fingerprint density at radius 3 is 2.23 bits per heavy atom. The van der Waals surface area contributed by atoms with E-state index in [9.17, 15) is 14.4 Å². The maximum atomic E-state index is 13.2. The lowest BCUT2D eigenvalue weighted by Gasteiger charge is -2.34.